The monoisotopic (exact) mass is 415 g/mol. The molecule has 4 heteroatoms. The van der Waals surface area contributed by atoms with Crippen molar-refractivity contribution in [3.8, 4) is 5.75 Å². The Balaban J connectivity index is 2.05. The summed E-state index contributed by atoms with van der Waals surface area (Å²) in [6, 6.07) is 20.6. The first-order valence-electron chi connectivity index (χ1n) is 10.8. The zero-order chi connectivity index (χ0) is 22.0. The smallest absolute Gasteiger partial charge is 0.255 e. The molecule has 3 aromatic rings. The van der Waals surface area contributed by atoms with Gasteiger partial charge in [-0.05, 0) is 46.5 Å². The summed E-state index contributed by atoms with van der Waals surface area (Å²) in [5.74, 6) is 0.553. The van der Waals surface area contributed by atoms with Crippen LogP contribution in [0.5, 0.6) is 5.75 Å². The number of nitrogens with two attached hydrogens (primary N) is 1. The lowest BCUT2D eigenvalue weighted by molar-refractivity contribution is -0.119. The van der Waals surface area contributed by atoms with Crippen LogP contribution in [0.1, 0.15) is 32.8 Å². The van der Waals surface area contributed by atoms with Crippen molar-refractivity contribution in [2.75, 3.05) is 13.2 Å². The number of carbonyl (C=O) groups is 1. The lowest BCUT2D eigenvalue weighted by Crippen LogP contribution is -2.44. The van der Waals surface area contributed by atoms with Crippen LogP contribution < -0.4 is 20.9 Å². The minimum Gasteiger partial charge on any atom is -0.483 e. The van der Waals surface area contributed by atoms with Gasteiger partial charge in [0.1, 0.15) is 5.75 Å². The van der Waals surface area contributed by atoms with Gasteiger partial charge in [0, 0.05) is 11.1 Å². The van der Waals surface area contributed by atoms with Crippen LogP contribution in [0.3, 0.4) is 0 Å². The highest BCUT2D eigenvalue weighted by molar-refractivity contribution is 5.98. The molecule has 0 radical (unpaired) electrons. The van der Waals surface area contributed by atoms with Crippen molar-refractivity contribution in [3.05, 3.63) is 76.7 Å². The van der Waals surface area contributed by atoms with Crippen LogP contribution in [0, 0.1) is 5.92 Å². The summed E-state index contributed by atoms with van der Waals surface area (Å²) < 4.78 is 12.5. The number of fused-ring (bicyclic) bond motifs is 2. The van der Waals surface area contributed by atoms with Gasteiger partial charge in [-0.15, -0.1) is 0 Å². The lowest BCUT2D eigenvalue weighted by Gasteiger charge is -2.36. The molecule has 160 valence electrons. The van der Waals surface area contributed by atoms with E-state index in [4.69, 9.17) is 15.2 Å². The van der Waals surface area contributed by atoms with Crippen LogP contribution in [-0.2, 0) is 9.53 Å². The molecule has 1 aliphatic rings. The van der Waals surface area contributed by atoms with Gasteiger partial charge in [-0.3, -0.25) is 4.79 Å². The Labute approximate surface area is 183 Å². The number of benzene rings is 3. The first kappa shape index (κ1) is 21.1. The van der Waals surface area contributed by atoms with Crippen LogP contribution in [-0.4, -0.2) is 24.7 Å². The largest absolute Gasteiger partial charge is 0.483 e. The van der Waals surface area contributed by atoms with Crippen molar-refractivity contribution < 1.29 is 14.3 Å². The maximum Gasteiger partial charge on any atom is 0.255 e. The highest BCUT2D eigenvalue weighted by atomic mass is 16.5. The molecule has 0 aliphatic heterocycles. The Hall–Kier alpha value is -3.11. The van der Waals surface area contributed by atoms with Crippen LogP contribution in [0.4, 0.5) is 0 Å². The molecule has 4 nitrogen and oxygen atoms in total. The molecule has 2 N–H and O–H groups in total. The summed E-state index contributed by atoms with van der Waals surface area (Å²) >= 11 is 0. The van der Waals surface area contributed by atoms with Crippen molar-refractivity contribution in [1.82, 2.24) is 0 Å². The van der Waals surface area contributed by atoms with Crippen molar-refractivity contribution in [3.63, 3.8) is 0 Å². The molecule has 4 rings (SSSR count). The average Bonchev–Trinajstić information content (AvgIpc) is 2.76. The zero-order valence-corrected chi connectivity index (χ0v) is 18.4. The number of carbonyl (C=O) groups excluding carboxylic acids is 1. The molecule has 0 saturated heterocycles. The molecule has 0 fully saturated rings. The molecule has 1 amide bonds. The van der Waals surface area contributed by atoms with Gasteiger partial charge in [-0.1, -0.05) is 74.5 Å². The van der Waals surface area contributed by atoms with Crippen LogP contribution in [0.15, 0.2) is 60.7 Å². The fourth-order valence-electron chi connectivity index (χ4n) is 4.25. The van der Waals surface area contributed by atoms with E-state index in [0.717, 1.165) is 33.5 Å². The van der Waals surface area contributed by atoms with Crippen LogP contribution in [0.2, 0.25) is 0 Å². The number of hydrogen-bond acceptors (Lipinski definition) is 3. The SMILES string of the molecule is CC(C)COC1(C)CC=c2ccccc2=C1c1c(OCC(N)=O)ccc2ccccc12. The molecule has 0 bridgehead atoms. The molecular weight excluding hydrogens is 386 g/mol. The topological polar surface area (TPSA) is 61.6 Å². The summed E-state index contributed by atoms with van der Waals surface area (Å²) in [7, 11) is 0. The highest BCUT2D eigenvalue weighted by Gasteiger charge is 2.35. The van der Waals surface area contributed by atoms with Gasteiger partial charge in [0.05, 0.1) is 12.2 Å². The Morgan fingerprint density at radius 1 is 1.06 bits per heavy atom. The van der Waals surface area contributed by atoms with E-state index in [1.54, 1.807) is 0 Å². The van der Waals surface area contributed by atoms with Gasteiger partial charge in [0.15, 0.2) is 6.61 Å². The zero-order valence-electron chi connectivity index (χ0n) is 18.4. The second-order valence-corrected chi connectivity index (χ2v) is 8.72. The molecule has 0 aromatic heterocycles. The first-order valence-corrected chi connectivity index (χ1v) is 10.8. The number of rotatable bonds is 7. The fourth-order valence-corrected chi connectivity index (χ4v) is 4.25. The van der Waals surface area contributed by atoms with Crippen molar-refractivity contribution in [2.24, 2.45) is 11.7 Å². The van der Waals surface area contributed by atoms with E-state index < -0.39 is 11.5 Å². The van der Waals surface area contributed by atoms with Gasteiger partial charge in [-0.25, -0.2) is 0 Å². The third-order valence-corrected chi connectivity index (χ3v) is 5.72. The Morgan fingerprint density at radius 3 is 2.58 bits per heavy atom. The maximum atomic E-state index is 11.5. The molecule has 1 aliphatic carbocycles. The van der Waals surface area contributed by atoms with Gasteiger partial charge in [0.25, 0.3) is 5.91 Å². The Morgan fingerprint density at radius 2 is 1.81 bits per heavy atom. The third-order valence-electron chi connectivity index (χ3n) is 5.72. The third kappa shape index (κ3) is 4.21. The van der Waals surface area contributed by atoms with Gasteiger partial charge in [0.2, 0.25) is 0 Å². The normalized spacial score (nSPS) is 18.0. The highest BCUT2D eigenvalue weighted by Crippen LogP contribution is 2.41. The van der Waals surface area contributed by atoms with E-state index in [1.165, 1.54) is 5.22 Å². The molecular formula is C27H29NO3. The molecule has 0 saturated carbocycles. The fraction of sp³-hybridized carbons (Fsp3) is 0.296. The summed E-state index contributed by atoms with van der Waals surface area (Å²) in [6.45, 7) is 6.94. The van der Waals surface area contributed by atoms with Gasteiger partial charge in [-0.2, -0.15) is 0 Å². The summed E-state index contributed by atoms with van der Waals surface area (Å²) in [5.41, 5.74) is 6.91. The van der Waals surface area contributed by atoms with E-state index >= 15 is 0 Å². The molecule has 31 heavy (non-hydrogen) atoms. The Kier molecular flexibility index (Phi) is 5.84. The van der Waals surface area contributed by atoms with Crippen LogP contribution >= 0.6 is 0 Å². The number of amides is 1. The van der Waals surface area contributed by atoms with Crippen molar-refractivity contribution in [1.29, 1.82) is 0 Å². The number of hydrogen-bond donors (Lipinski definition) is 1. The molecule has 1 unspecified atom stereocenters. The maximum absolute atomic E-state index is 11.5. The quantitative estimate of drug-likeness (QED) is 0.642. The van der Waals surface area contributed by atoms with Crippen molar-refractivity contribution in [2.45, 2.75) is 32.8 Å². The predicted octanol–water partition coefficient (Wildman–Crippen LogP) is 3.52. The van der Waals surface area contributed by atoms with E-state index in [9.17, 15) is 4.79 Å². The summed E-state index contributed by atoms with van der Waals surface area (Å²) in [5, 5.41) is 4.47. The van der Waals surface area contributed by atoms with E-state index in [0.29, 0.717) is 18.3 Å². The molecule has 0 spiro atoms. The van der Waals surface area contributed by atoms with Crippen molar-refractivity contribution >= 4 is 28.3 Å². The van der Waals surface area contributed by atoms with E-state index in [1.807, 2.05) is 24.3 Å². The minimum atomic E-state index is -0.534. The first-order chi connectivity index (χ1) is 14.9. The molecule has 0 heterocycles. The average molecular weight is 416 g/mol. The van der Waals surface area contributed by atoms with E-state index in [-0.39, 0.29) is 6.61 Å². The number of primary amides is 1. The second-order valence-electron chi connectivity index (χ2n) is 8.72. The van der Waals surface area contributed by atoms with E-state index in [2.05, 4.69) is 63.2 Å². The van der Waals surface area contributed by atoms with Gasteiger partial charge >= 0.3 is 0 Å². The summed E-state index contributed by atoms with van der Waals surface area (Å²) in [6.07, 6.45) is 3.00. The standard InChI is InChI=1S/C27H29NO3/c1-18(2)16-31-27(3)15-14-20-9-5-7-11-22(20)26(27)25-21-10-6-4-8-19(21)12-13-23(25)30-17-24(28)29/h4-14,18H,15-17H2,1-3H3,(H2,28,29). The van der Waals surface area contributed by atoms with Gasteiger partial charge < -0.3 is 15.2 Å². The Bertz CT molecular complexity index is 1240. The van der Waals surface area contributed by atoms with Crippen LogP contribution in [0.25, 0.3) is 22.4 Å². The predicted molar refractivity (Wildman–Crippen MR) is 125 cm³/mol. The number of ether oxygens (including phenoxy) is 2. The second kappa shape index (κ2) is 8.56. The minimum absolute atomic E-state index is 0.171. The molecule has 3 aromatic carbocycles. The molecule has 1 atom stereocenters. The summed E-state index contributed by atoms with van der Waals surface area (Å²) in [4.78, 5) is 11.5. The lowest BCUT2D eigenvalue weighted by atomic mass is 9.79.